The molecule has 0 bridgehead atoms. The predicted octanol–water partition coefficient (Wildman–Crippen LogP) is 1.84. The van der Waals surface area contributed by atoms with Crippen molar-refractivity contribution in [2.75, 3.05) is 18.6 Å². The van der Waals surface area contributed by atoms with Gasteiger partial charge in [0.2, 0.25) is 0 Å². The molecule has 0 radical (unpaired) electrons. The largest absolute Gasteiger partial charge is 0.329 e. The van der Waals surface area contributed by atoms with Crippen LogP contribution in [0.25, 0.3) is 11.0 Å². The van der Waals surface area contributed by atoms with Gasteiger partial charge in [0.25, 0.3) is 0 Å². The van der Waals surface area contributed by atoms with Crippen molar-refractivity contribution in [2.24, 2.45) is 0 Å². The number of nitrogens with zero attached hydrogens (tertiary/aromatic N) is 2. The van der Waals surface area contributed by atoms with Crippen LogP contribution >= 0.6 is 0 Å². The van der Waals surface area contributed by atoms with Crippen molar-refractivity contribution in [1.82, 2.24) is 14.9 Å². The lowest BCUT2D eigenvalue weighted by Gasteiger charge is -2.19. The van der Waals surface area contributed by atoms with E-state index < -0.39 is 9.84 Å². The summed E-state index contributed by atoms with van der Waals surface area (Å²) in [4.78, 5) is 4.38. The minimum atomic E-state index is -2.93. The fourth-order valence-electron chi connectivity index (χ4n) is 2.36. The van der Waals surface area contributed by atoms with Crippen LogP contribution < -0.4 is 5.32 Å². The molecule has 0 fully saturated rings. The Kier molecular flexibility index (Phi) is 5.36. The SMILES string of the molecule is CCCNC(CCS(C)(=O)=O)Cn1cnc2ccccc21. The molecule has 0 saturated heterocycles. The molecule has 1 N–H and O–H groups in total. The summed E-state index contributed by atoms with van der Waals surface area (Å²) >= 11 is 0. The second kappa shape index (κ2) is 7.04. The molecule has 1 atom stereocenters. The maximum atomic E-state index is 11.4. The predicted molar refractivity (Wildman–Crippen MR) is 86.1 cm³/mol. The van der Waals surface area contributed by atoms with Gasteiger partial charge in [-0.1, -0.05) is 19.1 Å². The van der Waals surface area contributed by atoms with Crippen molar-refractivity contribution in [3.63, 3.8) is 0 Å². The lowest BCUT2D eigenvalue weighted by Crippen LogP contribution is -2.35. The molecule has 0 aliphatic heterocycles. The van der Waals surface area contributed by atoms with E-state index in [4.69, 9.17) is 0 Å². The average molecular weight is 309 g/mol. The third-order valence-corrected chi connectivity index (χ3v) is 4.44. The number of aromatic nitrogens is 2. The number of fused-ring (bicyclic) bond motifs is 1. The molecule has 2 rings (SSSR count). The molecule has 0 aliphatic rings. The van der Waals surface area contributed by atoms with E-state index in [0.717, 1.165) is 30.5 Å². The Morgan fingerprint density at radius 2 is 2.10 bits per heavy atom. The summed E-state index contributed by atoms with van der Waals surface area (Å²) in [7, 11) is -2.93. The molecular formula is C15H23N3O2S. The zero-order chi connectivity index (χ0) is 15.3. The van der Waals surface area contributed by atoms with Gasteiger partial charge < -0.3 is 9.88 Å². The normalized spacial score (nSPS) is 13.6. The molecular weight excluding hydrogens is 286 g/mol. The van der Waals surface area contributed by atoms with E-state index >= 15 is 0 Å². The lowest BCUT2D eigenvalue weighted by molar-refractivity contribution is 0.441. The number of rotatable bonds is 8. The van der Waals surface area contributed by atoms with E-state index in [2.05, 4.69) is 21.8 Å². The zero-order valence-corrected chi connectivity index (χ0v) is 13.4. The fraction of sp³-hybridized carbons (Fsp3) is 0.533. The van der Waals surface area contributed by atoms with Crippen LogP contribution in [0.15, 0.2) is 30.6 Å². The van der Waals surface area contributed by atoms with E-state index in [-0.39, 0.29) is 11.8 Å². The van der Waals surface area contributed by atoms with Crippen LogP contribution in [0.2, 0.25) is 0 Å². The quantitative estimate of drug-likeness (QED) is 0.808. The Balaban J connectivity index is 2.10. The maximum absolute atomic E-state index is 11.4. The number of hydrogen-bond acceptors (Lipinski definition) is 4. The van der Waals surface area contributed by atoms with E-state index in [1.165, 1.54) is 6.26 Å². The highest BCUT2D eigenvalue weighted by Crippen LogP contribution is 2.13. The fourth-order valence-corrected chi connectivity index (χ4v) is 3.07. The van der Waals surface area contributed by atoms with Gasteiger partial charge in [0.15, 0.2) is 0 Å². The highest BCUT2D eigenvalue weighted by molar-refractivity contribution is 7.90. The Labute approximate surface area is 126 Å². The van der Waals surface area contributed by atoms with Gasteiger partial charge in [-0.15, -0.1) is 0 Å². The monoisotopic (exact) mass is 309 g/mol. The van der Waals surface area contributed by atoms with E-state index in [9.17, 15) is 8.42 Å². The van der Waals surface area contributed by atoms with Crippen LogP contribution in [0.3, 0.4) is 0 Å². The van der Waals surface area contributed by atoms with Gasteiger partial charge in [0, 0.05) is 18.8 Å². The van der Waals surface area contributed by atoms with Crippen molar-refractivity contribution in [1.29, 1.82) is 0 Å². The first-order valence-electron chi connectivity index (χ1n) is 7.30. The number of sulfone groups is 1. The molecule has 1 aromatic carbocycles. The molecule has 0 aliphatic carbocycles. The van der Waals surface area contributed by atoms with Gasteiger partial charge in [-0.3, -0.25) is 0 Å². The number of para-hydroxylation sites is 2. The van der Waals surface area contributed by atoms with Crippen LogP contribution in [-0.4, -0.2) is 42.6 Å². The van der Waals surface area contributed by atoms with Crippen LogP contribution in [0.4, 0.5) is 0 Å². The number of benzene rings is 1. The number of hydrogen-bond donors (Lipinski definition) is 1. The molecule has 0 saturated carbocycles. The molecule has 116 valence electrons. The van der Waals surface area contributed by atoms with E-state index in [1.807, 2.05) is 30.6 Å². The van der Waals surface area contributed by atoms with Crippen LogP contribution in [-0.2, 0) is 16.4 Å². The summed E-state index contributed by atoms with van der Waals surface area (Å²) in [5, 5.41) is 3.43. The molecule has 0 amide bonds. The third kappa shape index (κ3) is 4.82. The summed E-state index contributed by atoms with van der Waals surface area (Å²) in [6.07, 6.45) is 4.76. The number of nitrogens with one attached hydrogen (secondary N) is 1. The Bertz CT molecular complexity index is 679. The van der Waals surface area contributed by atoms with Crippen molar-refractivity contribution in [2.45, 2.75) is 32.4 Å². The third-order valence-electron chi connectivity index (χ3n) is 3.46. The summed E-state index contributed by atoms with van der Waals surface area (Å²) in [5.74, 6) is 0.209. The van der Waals surface area contributed by atoms with E-state index in [1.54, 1.807) is 0 Å². The first-order valence-corrected chi connectivity index (χ1v) is 9.36. The molecule has 6 heteroatoms. The summed E-state index contributed by atoms with van der Waals surface area (Å²) in [6.45, 7) is 3.73. The van der Waals surface area contributed by atoms with Gasteiger partial charge in [-0.05, 0) is 31.5 Å². The average Bonchev–Trinajstić information content (AvgIpc) is 2.84. The minimum absolute atomic E-state index is 0.136. The molecule has 1 unspecified atom stereocenters. The van der Waals surface area contributed by atoms with Gasteiger partial charge in [0.05, 0.1) is 23.1 Å². The summed E-state index contributed by atoms with van der Waals surface area (Å²) in [5.41, 5.74) is 2.05. The second-order valence-corrected chi connectivity index (χ2v) is 7.71. The van der Waals surface area contributed by atoms with Crippen LogP contribution in [0, 0.1) is 0 Å². The Morgan fingerprint density at radius 1 is 1.33 bits per heavy atom. The molecule has 0 spiro atoms. The standard InChI is InChI=1S/C15H23N3O2S/c1-3-9-16-13(8-10-21(2,19)20)11-18-12-17-14-6-4-5-7-15(14)18/h4-7,12-13,16H,3,8-11H2,1-2H3. The molecule has 21 heavy (non-hydrogen) atoms. The first-order chi connectivity index (χ1) is 9.99. The van der Waals surface area contributed by atoms with Gasteiger partial charge in [0.1, 0.15) is 9.84 Å². The van der Waals surface area contributed by atoms with Crippen LogP contribution in [0.5, 0.6) is 0 Å². The van der Waals surface area contributed by atoms with Crippen molar-refractivity contribution in [3.05, 3.63) is 30.6 Å². The Morgan fingerprint density at radius 3 is 2.81 bits per heavy atom. The molecule has 5 nitrogen and oxygen atoms in total. The van der Waals surface area contributed by atoms with Crippen molar-refractivity contribution < 1.29 is 8.42 Å². The van der Waals surface area contributed by atoms with Crippen LogP contribution in [0.1, 0.15) is 19.8 Å². The summed E-state index contributed by atoms with van der Waals surface area (Å²) < 4.78 is 24.8. The molecule has 1 aromatic heterocycles. The molecule has 2 aromatic rings. The zero-order valence-electron chi connectivity index (χ0n) is 12.6. The smallest absolute Gasteiger partial charge is 0.147 e. The van der Waals surface area contributed by atoms with E-state index in [0.29, 0.717) is 6.42 Å². The van der Waals surface area contributed by atoms with Crippen molar-refractivity contribution in [3.8, 4) is 0 Å². The summed E-state index contributed by atoms with van der Waals surface area (Å²) in [6, 6.07) is 8.12. The maximum Gasteiger partial charge on any atom is 0.147 e. The van der Waals surface area contributed by atoms with Crippen molar-refractivity contribution >= 4 is 20.9 Å². The highest BCUT2D eigenvalue weighted by Gasteiger charge is 2.13. The van der Waals surface area contributed by atoms with Gasteiger partial charge in [-0.25, -0.2) is 13.4 Å². The lowest BCUT2D eigenvalue weighted by atomic mass is 10.2. The van der Waals surface area contributed by atoms with Gasteiger partial charge >= 0.3 is 0 Å². The first kappa shape index (κ1) is 16.0. The van der Waals surface area contributed by atoms with Gasteiger partial charge in [-0.2, -0.15) is 0 Å². The number of imidazole rings is 1. The Hall–Kier alpha value is -1.40. The second-order valence-electron chi connectivity index (χ2n) is 5.46. The highest BCUT2D eigenvalue weighted by atomic mass is 32.2. The molecule has 1 heterocycles. The minimum Gasteiger partial charge on any atom is -0.329 e. The topological polar surface area (TPSA) is 64.0 Å².